The normalized spacial score (nSPS) is 21.6. The van der Waals surface area contributed by atoms with Crippen LogP contribution in [-0.2, 0) is 9.53 Å². The molecule has 4 amide bonds. The quantitative estimate of drug-likeness (QED) is 0.613. The summed E-state index contributed by atoms with van der Waals surface area (Å²) >= 11 is 0. The van der Waals surface area contributed by atoms with Crippen LogP contribution in [0.5, 0.6) is 0 Å². The Morgan fingerprint density at radius 3 is 2.48 bits per heavy atom. The van der Waals surface area contributed by atoms with Crippen LogP contribution in [0.1, 0.15) is 39.3 Å². The minimum atomic E-state index is -0.579. The van der Waals surface area contributed by atoms with Crippen molar-refractivity contribution >= 4 is 18.0 Å². The van der Waals surface area contributed by atoms with Crippen molar-refractivity contribution in [2.75, 3.05) is 45.9 Å². The Balaban J connectivity index is 1.94. The van der Waals surface area contributed by atoms with Gasteiger partial charge in [-0.2, -0.15) is 0 Å². The summed E-state index contributed by atoms with van der Waals surface area (Å²) in [5, 5.41) is 5.84. The molecule has 0 saturated carbocycles. The van der Waals surface area contributed by atoms with E-state index in [1.54, 1.807) is 11.8 Å². The highest BCUT2D eigenvalue weighted by Gasteiger charge is 2.39. The SMILES string of the molecule is CCNC(=O)N1CCN(CC2=C(C(=O)OCC)C(c3ccccc3)NC(=O)N2CC)CC1C. The number of urea groups is 2. The Hall–Kier alpha value is -3.07. The number of ether oxygens (including phenoxy) is 1. The van der Waals surface area contributed by atoms with Gasteiger partial charge in [0.2, 0.25) is 0 Å². The molecule has 3 rings (SSSR count). The van der Waals surface area contributed by atoms with E-state index in [9.17, 15) is 14.4 Å². The molecule has 33 heavy (non-hydrogen) atoms. The zero-order valence-corrected chi connectivity index (χ0v) is 20.0. The second-order valence-corrected chi connectivity index (χ2v) is 8.23. The Labute approximate surface area is 195 Å². The van der Waals surface area contributed by atoms with Gasteiger partial charge in [0.25, 0.3) is 0 Å². The van der Waals surface area contributed by atoms with Gasteiger partial charge in [-0.15, -0.1) is 0 Å². The average molecular weight is 458 g/mol. The summed E-state index contributed by atoms with van der Waals surface area (Å²) in [4.78, 5) is 44.1. The Morgan fingerprint density at radius 2 is 1.88 bits per heavy atom. The van der Waals surface area contributed by atoms with E-state index in [-0.39, 0.29) is 24.7 Å². The third-order valence-electron chi connectivity index (χ3n) is 6.06. The summed E-state index contributed by atoms with van der Waals surface area (Å²) in [6.07, 6.45) is 0. The van der Waals surface area contributed by atoms with Gasteiger partial charge in [0.05, 0.1) is 18.2 Å². The highest BCUT2D eigenvalue weighted by molar-refractivity contribution is 5.95. The van der Waals surface area contributed by atoms with Gasteiger partial charge in [-0.1, -0.05) is 30.3 Å². The Kier molecular flexibility index (Phi) is 8.32. The largest absolute Gasteiger partial charge is 0.463 e. The highest BCUT2D eigenvalue weighted by atomic mass is 16.5. The molecule has 9 nitrogen and oxygen atoms in total. The fourth-order valence-electron chi connectivity index (χ4n) is 4.50. The van der Waals surface area contributed by atoms with Gasteiger partial charge in [-0.05, 0) is 33.3 Å². The number of carbonyl (C=O) groups excluding carboxylic acids is 3. The van der Waals surface area contributed by atoms with Crippen LogP contribution in [0.15, 0.2) is 41.6 Å². The van der Waals surface area contributed by atoms with E-state index in [0.29, 0.717) is 50.5 Å². The van der Waals surface area contributed by atoms with E-state index < -0.39 is 12.0 Å². The van der Waals surface area contributed by atoms with Crippen molar-refractivity contribution in [3.8, 4) is 0 Å². The monoisotopic (exact) mass is 457 g/mol. The summed E-state index contributed by atoms with van der Waals surface area (Å²) in [6.45, 7) is 11.1. The summed E-state index contributed by atoms with van der Waals surface area (Å²) < 4.78 is 5.42. The molecule has 180 valence electrons. The van der Waals surface area contributed by atoms with E-state index in [2.05, 4.69) is 15.5 Å². The first-order valence-electron chi connectivity index (χ1n) is 11.7. The number of rotatable bonds is 7. The molecule has 1 aromatic rings. The maximum Gasteiger partial charge on any atom is 0.338 e. The number of benzene rings is 1. The van der Waals surface area contributed by atoms with Gasteiger partial charge < -0.3 is 20.3 Å². The molecule has 2 aliphatic rings. The number of hydrogen-bond donors (Lipinski definition) is 2. The molecular weight excluding hydrogens is 422 g/mol. The van der Waals surface area contributed by atoms with Crippen LogP contribution in [0.25, 0.3) is 0 Å². The molecule has 0 aromatic heterocycles. The molecule has 2 aliphatic heterocycles. The van der Waals surface area contributed by atoms with E-state index in [1.165, 1.54) is 0 Å². The van der Waals surface area contributed by atoms with Crippen molar-refractivity contribution in [3.05, 3.63) is 47.2 Å². The number of amides is 4. The van der Waals surface area contributed by atoms with E-state index in [4.69, 9.17) is 4.74 Å². The third kappa shape index (κ3) is 5.47. The van der Waals surface area contributed by atoms with Crippen LogP contribution in [0.2, 0.25) is 0 Å². The molecule has 2 heterocycles. The van der Waals surface area contributed by atoms with Crippen LogP contribution in [0.4, 0.5) is 9.59 Å². The maximum atomic E-state index is 13.1. The topological polar surface area (TPSA) is 94.2 Å². The first-order chi connectivity index (χ1) is 15.9. The molecule has 0 bridgehead atoms. The Bertz CT molecular complexity index is 888. The second-order valence-electron chi connectivity index (χ2n) is 8.23. The van der Waals surface area contributed by atoms with Gasteiger partial charge in [0, 0.05) is 51.0 Å². The van der Waals surface area contributed by atoms with Crippen LogP contribution in [0, 0.1) is 0 Å². The zero-order valence-electron chi connectivity index (χ0n) is 20.0. The minimum absolute atomic E-state index is 0.00866. The predicted octanol–water partition coefficient (Wildman–Crippen LogP) is 2.33. The zero-order chi connectivity index (χ0) is 24.0. The van der Waals surface area contributed by atoms with Crippen LogP contribution in [-0.4, -0.2) is 84.6 Å². The van der Waals surface area contributed by atoms with Crippen molar-refractivity contribution in [3.63, 3.8) is 0 Å². The maximum absolute atomic E-state index is 13.1. The lowest BCUT2D eigenvalue weighted by Gasteiger charge is -2.42. The predicted molar refractivity (Wildman–Crippen MR) is 125 cm³/mol. The van der Waals surface area contributed by atoms with E-state index >= 15 is 0 Å². The summed E-state index contributed by atoms with van der Waals surface area (Å²) in [5.74, 6) is -0.422. The molecule has 0 radical (unpaired) electrons. The molecular formula is C24H35N5O4. The fourth-order valence-corrected chi connectivity index (χ4v) is 4.50. The van der Waals surface area contributed by atoms with Gasteiger partial charge in [0.15, 0.2) is 0 Å². The van der Waals surface area contributed by atoms with E-state index in [1.807, 2.05) is 56.0 Å². The number of esters is 1. The minimum Gasteiger partial charge on any atom is -0.463 e. The molecule has 1 aromatic carbocycles. The first kappa shape index (κ1) is 24.6. The van der Waals surface area contributed by atoms with Crippen LogP contribution < -0.4 is 10.6 Å². The molecule has 1 fully saturated rings. The third-order valence-corrected chi connectivity index (χ3v) is 6.06. The van der Waals surface area contributed by atoms with Crippen molar-refractivity contribution < 1.29 is 19.1 Å². The molecule has 0 aliphatic carbocycles. The molecule has 2 N–H and O–H groups in total. The van der Waals surface area contributed by atoms with Crippen molar-refractivity contribution in [2.24, 2.45) is 0 Å². The number of hydrogen-bond acceptors (Lipinski definition) is 5. The molecule has 2 unspecified atom stereocenters. The average Bonchev–Trinajstić information content (AvgIpc) is 2.79. The van der Waals surface area contributed by atoms with Crippen molar-refractivity contribution in [2.45, 2.75) is 39.8 Å². The standard InChI is InChI=1S/C24H35N5O4/c1-5-25-23(31)29-14-13-27(15-17(29)4)16-19-20(22(30)33-7-3)21(18-11-9-8-10-12-18)26-24(32)28(19)6-2/h8-12,17,21H,5-7,13-16H2,1-4H3,(H,25,31)(H,26,32). The highest BCUT2D eigenvalue weighted by Crippen LogP contribution is 2.32. The van der Waals surface area contributed by atoms with Crippen LogP contribution >= 0.6 is 0 Å². The van der Waals surface area contributed by atoms with Crippen LogP contribution in [0.3, 0.4) is 0 Å². The van der Waals surface area contributed by atoms with E-state index in [0.717, 1.165) is 5.56 Å². The van der Waals surface area contributed by atoms with Gasteiger partial charge in [0.1, 0.15) is 0 Å². The van der Waals surface area contributed by atoms with Crippen molar-refractivity contribution in [1.82, 2.24) is 25.3 Å². The molecule has 0 spiro atoms. The lowest BCUT2D eigenvalue weighted by molar-refractivity contribution is -0.139. The smallest absolute Gasteiger partial charge is 0.338 e. The van der Waals surface area contributed by atoms with Gasteiger partial charge >= 0.3 is 18.0 Å². The lowest BCUT2D eigenvalue weighted by atomic mass is 9.94. The number of nitrogens with zero attached hydrogens (tertiary/aromatic N) is 3. The Morgan fingerprint density at radius 1 is 1.15 bits per heavy atom. The van der Waals surface area contributed by atoms with Gasteiger partial charge in [-0.25, -0.2) is 14.4 Å². The van der Waals surface area contributed by atoms with Gasteiger partial charge in [-0.3, -0.25) is 9.80 Å². The number of likely N-dealkylation sites (N-methyl/N-ethyl adjacent to an activating group) is 1. The van der Waals surface area contributed by atoms with Crippen molar-refractivity contribution in [1.29, 1.82) is 0 Å². The fraction of sp³-hybridized carbons (Fsp3) is 0.542. The second kappa shape index (κ2) is 11.2. The molecule has 1 saturated heterocycles. The first-order valence-corrected chi connectivity index (χ1v) is 11.7. The molecule has 2 atom stereocenters. The summed E-state index contributed by atoms with van der Waals surface area (Å²) in [6, 6.07) is 8.61. The molecule has 9 heteroatoms. The number of nitrogens with one attached hydrogen (secondary N) is 2. The number of carbonyl (C=O) groups is 3. The number of piperazine rings is 1. The summed E-state index contributed by atoms with van der Waals surface area (Å²) in [5.41, 5.74) is 1.95. The summed E-state index contributed by atoms with van der Waals surface area (Å²) in [7, 11) is 0. The lowest BCUT2D eigenvalue weighted by Crippen LogP contribution is -2.58.